The molecule has 156 valence electrons. The zero-order chi connectivity index (χ0) is 20.7. The number of nitrogens with zero attached hydrogens (tertiary/aromatic N) is 1. The van der Waals surface area contributed by atoms with E-state index in [1.807, 2.05) is 0 Å². The minimum absolute atomic E-state index is 0.252. The minimum Gasteiger partial charge on any atom is -0.480 e. The number of thiophene rings is 1. The van der Waals surface area contributed by atoms with Crippen LogP contribution in [0.3, 0.4) is 0 Å². The number of carbonyl (C=O) groups is 2. The second kappa shape index (κ2) is 7.64. The van der Waals surface area contributed by atoms with Crippen molar-refractivity contribution in [2.45, 2.75) is 74.4 Å². The van der Waals surface area contributed by atoms with Gasteiger partial charge in [-0.25, -0.2) is 18.0 Å². The van der Waals surface area contributed by atoms with E-state index >= 15 is 0 Å². The van der Waals surface area contributed by atoms with E-state index in [-0.39, 0.29) is 18.0 Å². The molecule has 1 aromatic rings. The lowest BCUT2D eigenvalue weighted by Gasteiger charge is -2.39. The highest BCUT2D eigenvalue weighted by Gasteiger charge is 2.50. The quantitative estimate of drug-likeness (QED) is 0.743. The molecule has 8 nitrogen and oxygen atoms in total. The zero-order valence-electron chi connectivity index (χ0n) is 16.1. The Morgan fingerprint density at radius 3 is 2.36 bits per heavy atom. The first-order valence-electron chi connectivity index (χ1n) is 9.28. The van der Waals surface area contributed by atoms with Crippen molar-refractivity contribution in [1.29, 1.82) is 0 Å². The summed E-state index contributed by atoms with van der Waals surface area (Å²) in [4.78, 5) is 23.9. The molecule has 2 saturated heterocycles. The summed E-state index contributed by atoms with van der Waals surface area (Å²) in [5.74, 6) is -1.48. The lowest BCUT2D eigenvalue weighted by Crippen LogP contribution is -2.54. The molecule has 10 heteroatoms. The summed E-state index contributed by atoms with van der Waals surface area (Å²) in [7, 11) is -3.58. The second-order valence-corrected chi connectivity index (χ2v) is 11.4. The van der Waals surface area contributed by atoms with Crippen molar-refractivity contribution < 1.29 is 27.9 Å². The first-order valence-corrected chi connectivity index (χ1v) is 11.6. The molecule has 3 rings (SSSR count). The summed E-state index contributed by atoms with van der Waals surface area (Å²) in [6.07, 6.45) is 1.41. The van der Waals surface area contributed by atoms with Crippen LogP contribution in [-0.4, -0.2) is 53.6 Å². The van der Waals surface area contributed by atoms with Crippen molar-refractivity contribution in [2.24, 2.45) is 5.92 Å². The summed E-state index contributed by atoms with van der Waals surface area (Å²) in [5, 5.41) is 13.8. The predicted octanol–water partition coefficient (Wildman–Crippen LogP) is 2.66. The molecule has 0 spiro atoms. The number of carboxylic acid groups (broad SMARTS) is 1. The number of piperidine rings is 1. The Morgan fingerprint density at radius 2 is 1.89 bits per heavy atom. The molecule has 1 amide bonds. The summed E-state index contributed by atoms with van der Waals surface area (Å²) >= 11 is 1.18. The molecule has 3 atom stereocenters. The maximum atomic E-state index is 13.0. The number of hydrogen-bond donors (Lipinski definition) is 2. The maximum Gasteiger partial charge on any atom is 0.408 e. The first kappa shape index (κ1) is 21.1. The monoisotopic (exact) mass is 430 g/mol. The molecule has 0 aliphatic carbocycles. The highest BCUT2D eigenvalue weighted by molar-refractivity contribution is 7.91. The number of sulfonamides is 1. The summed E-state index contributed by atoms with van der Waals surface area (Å²) < 4.78 is 33.0. The van der Waals surface area contributed by atoms with E-state index < -0.39 is 33.7 Å². The van der Waals surface area contributed by atoms with Gasteiger partial charge in [-0.05, 0) is 63.8 Å². The van der Waals surface area contributed by atoms with E-state index in [1.165, 1.54) is 11.3 Å². The van der Waals surface area contributed by atoms with Crippen LogP contribution in [0.2, 0.25) is 0 Å². The third-order valence-electron chi connectivity index (χ3n) is 5.14. The highest BCUT2D eigenvalue weighted by atomic mass is 32.2. The summed E-state index contributed by atoms with van der Waals surface area (Å²) in [5.41, 5.74) is -0.732. The van der Waals surface area contributed by atoms with E-state index in [0.717, 1.165) is 0 Å². The van der Waals surface area contributed by atoms with E-state index in [2.05, 4.69) is 5.32 Å². The normalized spacial score (nSPS) is 26.6. The van der Waals surface area contributed by atoms with Crippen LogP contribution in [0.25, 0.3) is 0 Å². The van der Waals surface area contributed by atoms with E-state index in [0.29, 0.717) is 29.9 Å². The molecule has 0 aromatic carbocycles. The first-order chi connectivity index (χ1) is 13.0. The molecule has 2 fully saturated rings. The molecule has 3 heterocycles. The van der Waals surface area contributed by atoms with Gasteiger partial charge in [-0.2, -0.15) is 4.31 Å². The lowest BCUT2D eigenvalue weighted by molar-refractivity contribution is -0.141. The van der Waals surface area contributed by atoms with Crippen molar-refractivity contribution >= 4 is 33.4 Å². The van der Waals surface area contributed by atoms with E-state index in [4.69, 9.17) is 4.74 Å². The average molecular weight is 431 g/mol. The summed E-state index contributed by atoms with van der Waals surface area (Å²) in [6.45, 7) is 5.11. The summed E-state index contributed by atoms with van der Waals surface area (Å²) in [6, 6.07) is 1.69. The van der Waals surface area contributed by atoms with Gasteiger partial charge in [-0.1, -0.05) is 6.07 Å². The van der Waals surface area contributed by atoms with Gasteiger partial charge >= 0.3 is 12.1 Å². The Hall–Kier alpha value is -1.65. The van der Waals surface area contributed by atoms with Crippen LogP contribution in [0.5, 0.6) is 0 Å². The Labute approximate surface area is 168 Å². The maximum absolute atomic E-state index is 13.0. The molecule has 0 radical (unpaired) electrons. The van der Waals surface area contributed by atoms with Gasteiger partial charge in [0.25, 0.3) is 10.0 Å². The van der Waals surface area contributed by atoms with Gasteiger partial charge in [0.2, 0.25) is 0 Å². The number of carboxylic acids is 1. The molecular formula is C18H26N2O6S2. The number of alkyl carbamates (subject to hydrolysis) is 1. The van der Waals surface area contributed by atoms with Gasteiger partial charge in [0.1, 0.15) is 15.9 Å². The number of carbonyl (C=O) groups excluding carboxylic acids is 1. The Morgan fingerprint density at radius 1 is 1.29 bits per heavy atom. The lowest BCUT2D eigenvalue weighted by atomic mass is 9.86. The van der Waals surface area contributed by atoms with Gasteiger partial charge in [0, 0.05) is 12.1 Å². The Balaban J connectivity index is 1.74. The molecule has 2 unspecified atom stereocenters. The number of rotatable bonds is 5. The molecule has 0 saturated carbocycles. The number of aliphatic carboxylic acids is 1. The van der Waals surface area contributed by atoms with Crippen molar-refractivity contribution in [3.63, 3.8) is 0 Å². The van der Waals surface area contributed by atoms with Gasteiger partial charge < -0.3 is 15.2 Å². The SMILES string of the molecule is CC(C)(C)OC(=O)N[C@H](C(=O)O)C1CC2CCC(C1)N2S(=O)(=O)c1cccs1. The van der Waals surface area contributed by atoms with Crippen molar-refractivity contribution in [3.05, 3.63) is 17.5 Å². The van der Waals surface area contributed by atoms with Gasteiger partial charge in [0.05, 0.1) is 0 Å². The topological polar surface area (TPSA) is 113 Å². The number of amides is 1. The Kier molecular flexibility index (Phi) is 5.75. The third-order valence-corrected chi connectivity index (χ3v) is 8.52. The number of hydrogen-bond acceptors (Lipinski definition) is 6. The van der Waals surface area contributed by atoms with Crippen LogP contribution in [0.15, 0.2) is 21.7 Å². The van der Waals surface area contributed by atoms with E-state index in [1.54, 1.807) is 42.6 Å². The third kappa shape index (κ3) is 4.33. The van der Waals surface area contributed by atoms with Gasteiger partial charge in [-0.15, -0.1) is 11.3 Å². The van der Waals surface area contributed by atoms with Crippen LogP contribution in [-0.2, 0) is 19.6 Å². The average Bonchev–Trinajstić information content (AvgIpc) is 3.18. The molecule has 1 aromatic heterocycles. The van der Waals surface area contributed by atoms with Crippen LogP contribution >= 0.6 is 11.3 Å². The predicted molar refractivity (Wildman–Crippen MR) is 104 cm³/mol. The molecular weight excluding hydrogens is 404 g/mol. The number of fused-ring (bicyclic) bond motifs is 2. The number of nitrogens with one attached hydrogen (secondary N) is 1. The molecule has 28 heavy (non-hydrogen) atoms. The van der Waals surface area contributed by atoms with Gasteiger partial charge in [0.15, 0.2) is 0 Å². The molecule has 2 aliphatic rings. The highest BCUT2D eigenvalue weighted by Crippen LogP contribution is 2.43. The smallest absolute Gasteiger partial charge is 0.408 e. The second-order valence-electron chi connectivity index (χ2n) is 8.35. The van der Waals surface area contributed by atoms with Crippen molar-refractivity contribution in [1.82, 2.24) is 9.62 Å². The minimum atomic E-state index is -3.58. The Bertz CT molecular complexity index is 817. The fourth-order valence-electron chi connectivity index (χ4n) is 4.17. The zero-order valence-corrected chi connectivity index (χ0v) is 17.8. The van der Waals surface area contributed by atoms with Gasteiger partial charge in [-0.3, -0.25) is 0 Å². The van der Waals surface area contributed by atoms with Crippen LogP contribution in [0.4, 0.5) is 4.79 Å². The molecule has 2 bridgehead atoms. The van der Waals surface area contributed by atoms with Crippen LogP contribution in [0.1, 0.15) is 46.5 Å². The van der Waals surface area contributed by atoms with Crippen molar-refractivity contribution in [3.8, 4) is 0 Å². The van der Waals surface area contributed by atoms with E-state index in [9.17, 15) is 23.1 Å². The van der Waals surface area contributed by atoms with Crippen LogP contribution < -0.4 is 5.32 Å². The van der Waals surface area contributed by atoms with Crippen molar-refractivity contribution in [2.75, 3.05) is 0 Å². The fourth-order valence-corrected chi connectivity index (χ4v) is 7.16. The molecule has 2 N–H and O–H groups in total. The fraction of sp³-hybridized carbons (Fsp3) is 0.667. The number of ether oxygens (including phenoxy) is 1. The molecule has 2 aliphatic heterocycles. The van der Waals surface area contributed by atoms with Crippen LogP contribution in [0, 0.1) is 5.92 Å². The standard InChI is InChI=1S/C18H26N2O6S2/c1-18(2,3)26-17(23)19-15(16(21)22)11-9-12-6-7-13(10-11)20(12)28(24,25)14-5-4-8-27-14/h4-5,8,11-13,15H,6-7,9-10H2,1-3H3,(H,19,23)(H,21,22)/t11?,12?,13?,15-/m0/s1. The largest absolute Gasteiger partial charge is 0.480 e.